The van der Waals surface area contributed by atoms with Crippen molar-refractivity contribution in [3.63, 3.8) is 0 Å². The molecule has 1 aromatic heterocycles. The van der Waals surface area contributed by atoms with E-state index >= 15 is 0 Å². The lowest BCUT2D eigenvalue weighted by molar-refractivity contribution is 0.0813. The third-order valence-electron chi connectivity index (χ3n) is 7.61. The van der Waals surface area contributed by atoms with Gasteiger partial charge in [-0.25, -0.2) is 9.58 Å². The van der Waals surface area contributed by atoms with Gasteiger partial charge >= 0.3 is 0 Å². The number of hydrogen-bond donors (Lipinski definition) is 0. The molecule has 2 heterocycles. The van der Waals surface area contributed by atoms with E-state index in [1.54, 1.807) is 42.1 Å². The van der Waals surface area contributed by atoms with E-state index in [1.807, 2.05) is 28.9 Å². The summed E-state index contributed by atoms with van der Waals surface area (Å²) >= 11 is 1.60. The van der Waals surface area contributed by atoms with Gasteiger partial charge in [0.25, 0.3) is 11.8 Å². The number of aromatic nitrogens is 2. The summed E-state index contributed by atoms with van der Waals surface area (Å²) in [6.45, 7) is 8.21. The van der Waals surface area contributed by atoms with E-state index in [2.05, 4.69) is 62.1 Å². The number of carbonyl (C=O) groups is 2. The molecule has 43 heavy (non-hydrogen) atoms. The molecule has 0 unspecified atom stereocenters. The van der Waals surface area contributed by atoms with Crippen molar-refractivity contribution in [1.29, 1.82) is 0 Å². The van der Waals surface area contributed by atoms with Gasteiger partial charge in [-0.15, -0.1) is 0 Å². The highest BCUT2D eigenvalue weighted by molar-refractivity contribution is 7.99. The summed E-state index contributed by atoms with van der Waals surface area (Å²) in [4.78, 5) is 29.4. The lowest BCUT2D eigenvalue weighted by atomic mass is 10.1. The summed E-state index contributed by atoms with van der Waals surface area (Å²) < 4.78 is 8.10. The van der Waals surface area contributed by atoms with Gasteiger partial charge in [0.05, 0.1) is 28.0 Å². The molecule has 0 bridgehead atoms. The van der Waals surface area contributed by atoms with E-state index < -0.39 is 8.07 Å². The first kappa shape index (κ1) is 29.1. The summed E-state index contributed by atoms with van der Waals surface area (Å²) in [6.07, 6.45) is 1.77. The molecule has 0 fully saturated rings. The van der Waals surface area contributed by atoms with Gasteiger partial charge in [0, 0.05) is 29.9 Å². The highest BCUT2D eigenvalue weighted by Gasteiger charge is 2.36. The standard InChI is InChI=1S/C35H35N3O3SSi/c1-43(2,3)21-20-41-24-37-33-23-28(17-18-31(33)32(36-37)19-16-25-10-5-4-6-11-25)42-27-13-9-12-26(22-27)38-34(39)29-14-7-8-15-30(29)35(38)40/h4-15,17-18,22-23H,16,19-21,24H2,1-3H3. The second kappa shape index (κ2) is 12.3. The van der Waals surface area contributed by atoms with Crippen molar-refractivity contribution in [3.8, 4) is 0 Å². The molecule has 0 N–H and O–H groups in total. The van der Waals surface area contributed by atoms with Crippen LogP contribution in [0.15, 0.2) is 107 Å². The Hall–Kier alpha value is -3.98. The molecule has 4 aromatic carbocycles. The molecule has 1 aliphatic rings. The lowest BCUT2D eigenvalue weighted by Gasteiger charge is -2.15. The Balaban J connectivity index is 1.25. The molecule has 0 atom stereocenters. The Labute approximate surface area is 257 Å². The molecule has 218 valence electrons. The maximum atomic E-state index is 13.0. The third kappa shape index (κ3) is 6.51. The maximum Gasteiger partial charge on any atom is 0.266 e. The smallest absolute Gasteiger partial charge is 0.266 e. The van der Waals surface area contributed by atoms with Crippen LogP contribution in [0.2, 0.25) is 25.7 Å². The first-order valence-electron chi connectivity index (χ1n) is 14.6. The minimum Gasteiger partial charge on any atom is -0.360 e. The Morgan fingerprint density at radius 2 is 1.47 bits per heavy atom. The van der Waals surface area contributed by atoms with Gasteiger partial charge in [-0.2, -0.15) is 5.10 Å². The molecule has 8 heteroatoms. The summed E-state index contributed by atoms with van der Waals surface area (Å²) in [6, 6.07) is 32.6. The first-order valence-corrected chi connectivity index (χ1v) is 19.2. The second-order valence-electron chi connectivity index (χ2n) is 12.0. The zero-order chi connectivity index (χ0) is 30.0. The summed E-state index contributed by atoms with van der Waals surface area (Å²) in [5, 5.41) is 6.13. The van der Waals surface area contributed by atoms with Crippen LogP contribution in [0.25, 0.3) is 10.9 Å². The van der Waals surface area contributed by atoms with E-state index in [4.69, 9.17) is 9.84 Å². The maximum absolute atomic E-state index is 13.0. The van der Waals surface area contributed by atoms with Crippen LogP contribution in [-0.2, 0) is 24.3 Å². The highest BCUT2D eigenvalue weighted by Crippen LogP contribution is 2.35. The molecule has 0 saturated heterocycles. The van der Waals surface area contributed by atoms with Crippen LogP contribution in [0, 0.1) is 0 Å². The Morgan fingerprint density at radius 1 is 0.767 bits per heavy atom. The van der Waals surface area contributed by atoms with Gasteiger partial charge in [0.2, 0.25) is 0 Å². The van der Waals surface area contributed by atoms with Gasteiger partial charge in [-0.1, -0.05) is 79.9 Å². The second-order valence-corrected chi connectivity index (χ2v) is 18.8. The van der Waals surface area contributed by atoms with Gasteiger partial charge in [0.1, 0.15) is 6.73 Å². The fourth-order valence-corrected chi connectivity index (χ4v) is 6.91. The summed E-state index contributed by atoms with van der Waals surface area (Å²) in [7, 11) is -1.19. The Bertz CT molecular complexity index is 1760. The zero-order valence-electron chi connectivity index (χ0n) is 24.7. The zero-order valence-corrected chi connectivity index (χ0v) is 26.6. The van der Waals surface area contributed by atoms with Crippen LogP contribution in [0.5, 0.6) is 0 Å². The van der Waals surface area contributed by atoms with Crippen molar-refractivity contribution < 1.29 is 14.3 Å². The number of amides is 2. The number of fused-ring (bicyclic) bond motifs is 2. The van der Waals surface area contributed by atoms with Crippen molar-refractivity contribution in [1.82, 2.24) is 9.78 Å². The number of aryl methyl sites for hydroxylation is 2. The summed E-state index contributed by atoms with van der Waals surface area (Å²) in [5.74, 6) is -0.574. The van der Waals surface area contributed by atoms with E-state index in [-0.39, 0.29) is 11.8 Å². The number of hydrogen-bond acceptors (Lipinski definition) is 5. The molecule has 1 aliphatic heterocycles. The van der Waals surface area contributed by atoms with Crippen molar-refractivity contribution >= 4 is 48.2 Å². The van der Waals surface area contributed by atoms with E-state index in [9.17, 15) is 9.59 Å². The molecular weight excluding hydrogens is 571 g/mol. The fourth-order valence-electron chi connectivity index (χ4n) is 5.25. The molecule has 0 spiro atoms. The number of imide groups is 1. The highest BCUT2D eigenvalue weighted by atomic mass is 32.2. The number of rotatable bonds is 11. The van der Waals surface area contributed by atoms with Gasteiger partial charge < -0.3 is 4.74 Å². The van der Waals surface area contributed by atoms with Crippen LogP contribution in [-0.4, -0.2) is 36.3 Å². The van der Waals surface area contributed by atoms with Crippen LogP contribution in [0.1, 0.15) is 32.0 Å². The Kier molecular flexibility index (Phi) is 8.34. The van der Waals surface area contributed by atoms with Crippen molar-refractivity contribution in [2.75, 3.05) is 11.5 Å². The molecular formula is C35H35N3O3SSi. The van der Waals surface area contributed by atoms with Gasteiger partial charge in [-0.05, 0) is 73.0 Å². The van der Waals surface area contributed by atoms with Crippen molar-refractivity contribution in [3.05, 3.63) is 119 Å². The molecule has 0 radical (unpaired) electrons. The van der Waals surface area contributed by atoms with E-state index in [0.29, 0.717) is 23.5 Å². The lowest BCUT2D eigenvalue weighted by Crippen LogP contribution is -2.29. The number of benzene rings is 4. The van der Waals surface area contributed by atoms with E-state index in [1.165, 1.54) is 10.5 Å². The number of anilines is 1. The van der Waals surface area contributed by atoms with Gasteiger partial charge in [0.15, 0.2) is 0 Å². The topological polar surface area (TPSA) is 64.4 Å². The molecule has 6 rings (SSSR count). The fraction of sp³-hybridized carbons (Fsp3) is 0.229. The average Bonchev–Trinajstić information content (AvgIpc) is 3.47. The number of carbonyl (C=O) groups excluding carboxylic acids is 2. The average molecular weight is 606 g/mol. The Morgan fingerprint density at radius 3 is 2.19 bits per heavy atom. The monoisotopic (exact) mass is 605 g/mol. The van der Waals surface area contributed by atoms with Crippen LogP contribution in [0.3, 0.4) is 0 Å². The first-order chi connectivity index (χ1) is 20.8. The van der Waals surface area contributed by atoms with Crippen molar-refractivity contribution in [2.45, 2.75) is 55.0 Å². The van der Waals surface area contributed by atoms with Gasteiger partial charge in [-0.3, -0.25) is 9.59 Å². The normalized spacial score (nSPS) is 13.2. The van der Waals surface area contributed by atoms with Crippen LogP contribution < -0.4 is 4.90 Å². The third-order valence-corrected chi connectivity index (χ3v) is 10.3. The predicted molar refractivity (Wildman–Crippen MR) is 176 cm³/mol. The SMILES string of the molecule is C[Si](C)(C)CCOCn1nc(CCc2ccccc2)c2ccc(Sc3cccc(N4C(=O)c5ccccc5C4=O)c3)cc21. The van der Waals surface area contributed by atoms with Crippen molar-refractivity contribution in [2.24, 2.45) is 0 Å². The number of nitrogens with zero attached hydrogens (tertiary/aromatic N) is 3. The minimum absolute atomic E-state index is 0.287. The molecule has 0 aliphatic carbocycles. The van der Waals surface area contributed by atoms with Crippen LogP contribution >= 0.6 is 11.8 Å². The van der Waals surface area contributed by atoms with E-state index in [0.717, 1.165) is 51.9 Å². The largest absolute Gasteiger partial charge is 0.360 e. The molecule has 5 aromatic rings. The quantitative estimate of drug-likeness (QED) is 0.0865. The number of ether oxygens (including phenoxy) is 1. The molecule has 2 amide bonds. The predicted octanol–water partition coefficient (Wildman–Crippen LogP) is 8.09. The molecule has 0 saturated carbocycles. The molecule has 6 nitrogen and oxygen atoms in total. The minimum atomic E-state index is -1.19. The summed E-state index contributed by atoms with van der Waals surface area (Å²) in [5.41, 5.74) is 4.86. The van der Waals surface area contributed by atoms with Crippen LogP contribution in [0.4, 0.5) is 5.69 Å².